The molecule has 0 radical (unpaired) electrons. The maximum Gasteiger partial charge on any atom is 0.418 e. The third-order valence-electron chi connectivity index (χ3n) is 3.51. The number of aryl methyl sites for hydroxylation is 1. The average Bonchev–Trinajstić information content (AvgIpc) is 2.50. The number of aromatic nitrogens is 1. The zero-order valence-electron chi connectivity index (χ0n) is 13.0. The summed E-state index contributed by atoms with van der Waals surface area (Å²) in [6.07, 6.45) is -4.11. The Balaban J connectivity index is 2.70. The fourth-order valence-electron chi connectivity index (χ4n) is 2.37. The number of alkyl halides is 3. The molecular formula is C16H15F3N2O2S. The van der Waals surface area contributed by atoms with Crippen LogP contribution >= 0.6 is 12.2 Å². The number of aliphatic carboxylic acids is 1. The molecule has 0 fully saturated rings. The molecule has 2 rings (SSSR count). The molecule has 24 heavy (non-hydrogen) atoms. The van der Waals surface area contributed by atoms with Crippen LogP contribution in [0.3, 0.4) is 0 Å². The Kier molecular flexibility index (Phi) is 5.08. The van der Waals surface area contributed by atoms with Gasteiger partial charge >= 0.3 is 12.1 Å². The second kappa shape index (κ2) is 6.72. The van der Waals surface area contributed by atoms with Crippen molar-refractivity contribution < 1.29 is 23.1 Å². The minimum absolute atomic E-state index is 0.166. The van der Waals surface area contributed by atoms with Crippen molar-refractivity contribution in [1.82, 2.24) is 9.88 Å². The Morgan fingerprint density at radius 1 is 1.38 bits per heavy atom. The van der Waals surface area contributed by atoms with E-state index in [4.69, 9.17) is 17.3 Å². The van der Waals surface area contributed by atoms with Gasteiger partial charge in [-0.2, -0.15) is 13.2 Å². The first-order valence-corrected chi connectivity index (χ1v) is 7.53. The van der Waals surface area contributed by atoms with E-state index in [0.29, 0.717) is 17.7 Å². The molecule has 0 saturated carbocycles. The number of carboxylic acid groups (broad SMARTS) is 1. The highest BCUT2D eigenvalue weighted by atomic mass is 32.1. The van der Waals surface area contributed by atoms with E-state index < -0.39 is 17.7 Å². The molecule has 4 nitrogen and oxygen atoms in total. The number of nitrogens with zero attached hydrogens (tertiary/aromatic N) is 2. The summed E-state index contributed by atoms with van der Waals surface area (Å²) in [5.41, 5.74) is -0.173. The Bertz CT molecular complexity index is 806. The van der Waals surface area contributed by atoms with E-state index >= 15 is 0 Å². The summed E-state index contributed by atoms with van der Waals surface area (Å²) in [4.78, 5) is 16.4. The van der Waals surface area contributed by atoms with E-state index in [1.54, 1.807) is 13.0 Å². The van der Waals surface area contributed by atoms with Crippen LogP contribution < -0.4 is 0 Å². The molecule has 1 N–H and O–H groups in total. The highest BCUT2D eigenvalue weighted by Crippen LogP contribution is 2.35. The zero-order valence-corrected chi connectivity index (χ0v) is 13.8. The van der Waals surface area contributed by atoms with Crippen LogP contribution in [0.4, 0.5) is 13.2 Å². The number of hydrogen-bond acceptors (Lipinski definition) is 3. The van der Waals surface area contributed by atoms with E-state index in [-0.39, 0.29) is 22.4 Å². The van der Waals surface area contributed by atoms with Crippen molar-refractivity contribution in [2.24, 2.45) is 0 Å². The van der Waals surface area contributed by atoms with Gasteiger partial charge < -0.3 is 10.0 Å². The van der Waals surface area contributed by atoms with Crippen molar-refractivity contribution >= 4 is 34.1 Å². The highest BCUT2D eigenvalue weighted by Gasteiger charge is 2.33. The smallest absolute Gasteiger partial charge is 0.418 e. The molecule has 1 aromatic carbocycles. The third-order valence-corrected chi connectivity index (χ3v) is 4.04. The molecule has 0 saturated heterocycles. The van der Waals surface area contributed by atoms with Gasteiger partial charge in [-0.3, -0.25) is 9.78 Å². The number of hydrogen-bond donors (Lipinski definition) is 1. The number of halogens is 3. The number of para-hydroxylation sites is 1. The maximum atomic E-state index is 13.3. The Labute approximate surface area is 141 Å². The normalized spacial score (nSPS) is 11.5. The first-order chi connectivity index (χ1) is 11.1. The molecule has 8 heteroatoms. The second-order valence-electron chi connectivity index (χ2n) is 5.27. The summed E-state index contributed by atoms with van der Waals surface area (Å²) in [7, 11) is 1.49. The Morgan fingerprint density at radius 3 is 2.58 bits per heavy atom. The SMILES string of the molecule is CCc1cc(C(=S)N(C)CC(=O)O)c2cccc(C(F)(F)F)c2n1. The van der Waals surface area contributed by atoms with Crippen LogP contribution in [-0.4, -0.2) is 39.5 Å². The first kappa shape index (κ1) is 18.1. The summed E-state index contributed by atoms with van der Waals surface area (Å²) in [6.45, 7) is 1.43. The fourth-order valence-corrected chi connectivity index (χ4v) is 2.60. The number of carbonyl (C=O) groups is 1. The number of thiocarbonyl (C=S) groups is 1. The summed E-state index contributed by atoms with van der Waals surface area (Å²) in [5.74, 6) is -1.08. The number of likely N-dealkylation sites (N-methyl/N-ethyl adjacent to an activating group) is 1. The van der Waals surface area contributed by atoms with E-state index in [2.05, 4.69) is 4.98 Å². The summed E-state index contributed by atoms with van der Waals surface area (Å²) < 4.78 is 39.8. The van der Waals surface area contributed by atoms with Gasteiger partial charge in [0, 0.05) is 23.7 Å². The summed E-state index contributed by atoms with van der Waals surface area (Å²) in [6, 6.07) is 5.39. The lowest BCUT2D eigenvalue weighted by molar-refractivity contribution is -0.137. The van der Waals surface area contributed by atoms with Crippen LogP contribution in [-0.2, 0) is 17.4 Å². The van der Waals surface area contributed by atoms with Gasteiger partial charge in [0.15, 0.2) is 0 Å². The number of pyridine rings is 1. The monoisotopic (exact) mass is 356 g/mol. The molecule has 0 aliphatic rings. The fraction of sp³-hybridized carbons (Fsp3) is 0.312. The van der Waals surface area contributed by atoms with E-state index in [1.165, 1.54) is 24.1 Å². The molecule has 128 valence electrons. The molecule has 0 bridgehead atoms. The van der Waals surface area contributed by atoms with E-state index in [0.717, 1.165) is 6.07 Å². The van der Waals surface area contributed by atoms with Gasteiger partial charge in [0.2, 0.25) is 0 Å². The molecule has 1 heterocycles. The van der Waals surface area contributed by atoms with Gasteiger partial charge in [0.25, 0.3) is 0 Å². The van der Waals surface area contributed by atoms with E-state index in [9.17, 15) is 18.0 Å². The maximum absolute atomic E-state index is 13.3. The standard InChI is InChI=1S/C16H15F3N2O2S/c1-3-9-7-11(15(24)21(2)8-13(22)23)10-5-4-6-12(14(10)20-9)16(17,18)19/h4-7H,3,8H2,1-2H3,(H,22,23). The Hall–Kier alpha value is -2.22. The number of carboxylic acids is 1. The molecule has 0 unspecified atom stereocenters. The Morgan fingerprint density at radius 2 is 2.04 bits per heavy atom. The number of rotatable bonds is 4. The largest absolute Gasteiger partial charge is 0.480 e. The average molecular weight is 356 g/mol. The minimum Gasteiger partial charge on any atom is -0.480 e. The van der Waals surface area contributed by atoms with Gasteiger partial charge in [-0.15, -0.1) is 0 Å². The topological polar surface area (TPSA) is 53.4 Å². The third kappa shape index (κ3) is 3.64. The van der Waals surface area contributed by atoms with Gasteiger partial charge in [-0.1, -0.05) is 31.3 Å². The van der Waals surface area contributed by atoms with Gasteiger partial charge in [-0.05, 0) is 18.6 Å². The van der Waals surface area contributed by atoms with E-state index in [1.807, 2.05) is 0 Å². The molecule has 2 aromatic rings. The highest BCUT2D eigenvalue weighted by molar-refractivity contribution is 7.80. The van der Waals surface area contributed by atoms with Crippen LogP contribution in [0.25, 0.3) is 10.9 Å². The minimum atomic E-state index is -4.54. The predicted molar refractivity (Wildman–Crippen MR) is 88.1 cm³/mol. The molecule has 0 aliphatic heterocycles. The molecule has 0 atom stereocenters. The lowest BCUT2D eigenvalue weighted by Crippen LogP contribution is -2.31. The van der Waals surface area contributed by atoms with Crippen molar-refractivity contribution in [3.63, 3.8) is 0 Å². The van der Waals surface area contributed by atoms with Gasteiger partial charge in [-0.25, -0.2) is 0 Å². The van der Waals surface area contributed by atoms with Gasteiger partial charge in [0.1, 0.15) is 11.5 Å². The number of fused-ring (bicyclic) bond motifs is 1. The molecule has 1 aromatic heterocycles. The second-order valence-corrected chi connectivity index (χ2v) is 5.66. The van der Waals surface area contributed by atoms with Crippen LogP contribution in [0.5, 0.6) is 0 Å². The predicted octanol–water partition coefficient (Wildman–Crippen LogP) is 3.51. The van der Waals surface area contributed by atoms with Crippen molar-refractivity contribution in [3.8, 4) is 0 Å². The molecule has 0 spiro atoms. The van der Waals surface area contributed by atoms with Crippen molar-refractivity contribution in [3.05, 3.63) is 41.1 Å². The summed E-state index contributed by atoms with van der Waals surface area (Å²) >= 11 is 5.29. The van der Waals surface area contributed by atoms with Crippen molar-refractivity contribution in [2.75, 3.05) is 13.6 Å². The van der Waals surface area contributed by atoms with Crippen LogP contribution in [0, 0.1) is 0 Å². The van der Waals surface area contributed by atoms with Crippen molar-refractivity contribution in [1.29, 1.82) is 0 Å². The lowest BCUT2D eigenvalue weighted by atomic mass is 10.0. The number of benzene rings is 1. The lowest BCUT2D eigenvalue weighted by Gasteiger charge is -2.20. The van der Waals surface area contributed by atoms with Crippen molar-refractivity contribution in [2.45, 2.75) is 19.5 Å². The summed E-state index contributed by atoms with van der Waals surface area (Å²) in [5, 5.41) is 9.14. The first-order valence-electron chi connectivity index (χ1n) is 7.12. The van der Waals surface area contributed by atoms with Gasteiger partial charge in [0.05, 0.1) is 11.1 Å². The molecular weight excluding hydrogens is 341 g/mol. The molecule has 0 aliphatic carbocycles. The van der Waals surface area contributed by atoms with Crippen LogP contribution in [0.2, 0.25) is 0 Å². The van der Waals surface area contributed by atoms with Crippen LogP contribution in [0.1, 0.15) is 23.7 Å². The molecule has 0 amide bonds. The van der Waals surface area contributed by atoms with Crippen LogP contribution in [0.15, 0.2) is 24.3 Å². The zero-order chi connectivity index (χ0) is 18.1. The quantitative estimate of drug-likeness (QED) is 0.850.